The van der Waals surface area contributed by atoms with Gasteiger partial charge in [0.2, 0.25) is 5.82 Å². The highest BCUT2D eigenvalue weighted by Crippen LogP contribution is 2.23. The normalized spacial score (nSPS) is 20.0. The second kappa shape index (κ2) is 7.30. The van der Waals surface area contributed by atoms with Crippen molar-refractivity contribution in [1.29, 1.82) is 0 Å². The van der Waals surface area contributed by atoms with E-state index in [1.54, 1.807) is 42.7 Å². The lowest BCUT2D eigenvalue weighted by molar-refractivity contribution is -0.0343. The molecule has 0 unspecified atom stereocenters. The number of nitrogens with zero attached hydrogens (tertiary/aromatic N) is 4. The molecule has 8 heteroatoms. The van der Waals surface area contributed by atoms with Crippen molar-refractivity contribution >= 4 is 5.91 Å². The fourth-order valence-corrected chi connectivity index (χ4v) is 2.36. The fourth-order valence-electron chi connectivity index (χ4n) is 2.36. The smallest absolute Gasteiger partial charge is 0.289 e. The first kappa shape index (κ1) is 15.6. The molecular formula is C15H19N5O3. The first-order chi connectivity index (χ1) is 11.3. The highest BCUT2D eigenvalue weighted by Gasteiger charge is 2.31. The van der Waals surface area contributed by atoms with Crippen LogP contribution < -0.4 is 5.32 Å². The van der Waals surface area contributed by atoms with Crippen molar-refractivity contribution in [2.45, 2.75) is 25.0 Å². The Morgan fingerprint density at radius 3 is 3.00 bits per heavy atom. The molecule has 0 spiro atoms. The Balaban J connectivity index is 1.51. The zero-order valence-corrected chi connectivity index (χ0v) is 12.9. The van der Waals surface area contributed by atoms with Gasteiger partial charge < -0.3 is 14.8 Å². The van der Waals surface area contributed by atoms with Crippen LogP contribution in [0.15, 0.2) is 31.0 Å². The lowest BCUT2D eigenvalue weighted by atomic mass is 9.89. The summed E-state index contributed by atoms with van der Waals surface area (Å²) in [6.45, 7) is 1.17. The fraction of sp³-hybridized carbons (Fsp3) is 0.467. The van der Waals surface area contributed by atoms with Crippen LogP contribution in [0.3, 0.4) is 0 Å². The number of ether oxygens (including phenoxy) is 2. The maximum atomic E-state index is 12.2. The van der Waals surface area contributed by atoms with Crippen LogP contribution in [0.25, 0.3) is 5.82 Å². The third-order valence-electron chi connectivity index (χ3n) is 3.68. The van der Waals surface area contributed by atoms with Crippen LogP contribution in [0.5, 0.6) is 0 Å². The summed E-state index contributed by atoms with van der Waals surface area (Å²) in [6, 6.07) is 1.83. The topological polar surface area (TPSA) is 91.2 Å². The molecule has 3 rings (SSSR count). The molecular weight excluding hydrogens is 298 g/mol. The van der Waals surface area contributed by atoms with E-state index < -0.39 is 0 Å². The predicted molar refractivity (Wildman–Crippen MR) is 81.3 cm³/mol. The molecule has 2 heterocycles. The summed E-state index contributed by atoms with van der Waals surface area (Å²) < 4.78 is 12.2. The van der Waals surface area contributed by atoms with E-state index in [4.69, 9.17) is 9.47 Å². The van der Waals surface area contributed by atoms with Crippen molar-refractivity contribution < 1.29 is 14.3 Å². The maximum Gasteiger partial charge on any atom is 0.289 e. The molecule has 1 N–H and O–H groups in total. The largest absolute Gasteiger partial charge is 0.382 e. The molecule has 0 aliphatic heterocycles. The average molecular weight is 317 g/mol. The van der Waals surface area contributed by atoms with Gasteiger partial charge in [0.05, 0.1) is 19.3 Å². The lowest BCUT2D eigenvalue weighted by Crippen LogP contribution is -2.48. The summed E-state index contributed by atoms with van der Waals surface area (Å²) in [5.74, 6) is 0.490. The molecule has 1 amide bonds. The zero-order valence-electron chi connectivity index (χ0n) is 12.9. The number of amides is 1. The Kier molecular flexibility index (Phi) is 4.94. The second-order valence-corrected chi connectivity index (χ2v) is 5.34. The van der Waals surface area contributed by atoms with Gasteiger partial charge in [0.25, 0.3) is 5.91 Å². The minimum atomic E-state index is -0.271. The molecule has 122 valence electrons. The molecule has 0 radical (unpaired) electrons. The summed E-state index contributed by atoms with van der Waals surface area (Å²) in [5.41, 5.74) is 0. The summed E-state index contributed by atoms with van der Waals surface area (Å²) >= 11 is 0. The Labute approximate surface area is 133 Å². The van der Waals surface area contributed by atoms with Crippen LogP contribution in [0.2, 0.25) is 0 Å². The highest BCUT2D eigenvalue weighted by atomic mass is 16.5. The number of methoxy groups -OCH3 is 1. The van der Waals surface area contributed by atoms with Gasteiger partial charge in [-0.3, -0.25) is 9.36 Å². The third-order valence-corrected chi connectivity index (χ3v) is 3.68. The number of aromatic nitrogens is 4. The number of carbonyl (C=O) groups excluding carboxylic acids is 1. The van der Waals surface area contributed by atoms with Gasteiger partial charge in [0, 0.05) is 31.7 Å². The monoisotopic (exact) mass is 317 g/mol. The van der Waals surface area contributed by atoms with Gasteiger partial charge in [0.15, 0.2) is 0 Å². The molecule has 2 aromatic rings. The van der Waals surface area contributed by atoms with Crippen molar-refractivity contribution in [2.24, 2.45) is 0 Å². The summed E-state index contributed by atoms with van der Waals surface area (Å²) in [7, 11) is 1.64. The van der Waals surface area contributed by atoms with Crippen LogP contribution in [-0.4, -0.2) is 57.9 Å². The number of rotatable bonds is 7. The standard InChI is InChI=1S/C15H19N5O3/c1-22-6-7-23-12-8-11(9-12)18-15(21)14-17-3-2-13(19-14)20-5-4-16-10-20/h2-5,10-12H,6-9H2,1H3,(H,18,21)/t11-,12-. The molecule has 1 saturated carbocycles. The molecule has 23 heavy (non-hydrogen) atoms. The van der Waals surface area contributed by atoms with E-state index in [0.29, 0.717) is 19.0 Å². The van der Waals surface area contributed by atoms with E-state index in [1.165, 1.54) is 0 Å². The molecule has 1 fully saturated rings. The van der Waals surface area contributed by atoms with Crippen LogP contribution in [0.4, 0.5) is 0 Å². The predicted octanol–water partition coefficient (Wildman–Crippen LogP) is 0.586. The van der Waals surface area contributed by atoms with Crippen molar-refractivity contribution in [3.05, 3.63) is 36.8 Å². The molecule has 1 aliphatic carbocycles. The van der Waals surface area contributed by atoms with E-state index in [-0.39, 0.29) is 23.9 Å². The SMILES string of the molecule is COCCO[C@H]1C[C@H](NC(=O)c2nccc(-n3ccnc3)n2)C1. The second-order valence-electron chi connectivity index (χ2n) is 5.34. The average Bonchev–Trinajstić information content (AvgIpc) is 3.07. The third kappa shape index (κ3) is 3.91. The summed E-state index contributed by atoms with van der Waals surface area (Å²) in [5, 5.41) is 2.93. The van der Waals surface area contributed by atoms with Crippen LogP contribution >= 0.6 is 0 Å². The highest BCUT2D eigenvalue weighted by molar-refractivity contribution is 5.90. The number of imidazole rings is 1. The molecule has 0 bridgehead atoms. The molecule has 0 saturated heterocycles. The zero-order chi connectivity index (χ0) is 16.1. The van der Waals surface area contributed by atoms with Crippen molar-refractivity contribution in [2.75, 3.05) is 20.3 Å². The Bertz CT molecular complexity index is 640. The number of hydrogen-bond donors (Lipinski definition) is 1. The van der Waals surface area contributed by atoms with E-state index in [9.17, 15) is 4.79 Å². The van der Waals surface area contributed by atoms with Crippen molar-refractivity contribution in [3.63, 3.8) is 0 Å². The molecule has 1 aliphatic rings. The van der Waals surface area contributed by atoms with Crippen molar-refractivity contribution in [1.82, 2.24) is 24.8 Å². The number of nitrogens with one attached hydrogen (secondary N) is 1. The minimum Gasteiger partial charge on any atom is -0.382 e. The van der Waals surface area contributed by atoms with E-state index >= 15 is 0 Å². The lowest BCUT2D eigenvalue weighted by Gasteiger charge is -2.35. The van der Waals surface area contributed by atoms with Crippen LogP contribution in [-0.2, 0) is 9.47 Å². The van der Waals surface area contributed by atoms with Crippen molar-refractivity contribution in [3.8, 4) is 5.82 Å². The Morgan fingerprint density at radius 1 is 1.39 bits per heavy atom. The summed E-state index contributed by atoms with van der Waals surface area (Å²) in [6.07, 6.45) is 8.39. The van der Waals surface area contributed by atoms with Gasteiger partial charge in [-0.25, -0.2) is 15.0 Å². The van der Waals surface area contributed by atoms with E-state index in [0.717, 1.165) is 12.8 Å². The van der Waals surface area contributed by atoms with E-state index in [2.05, 4.69) is 20.3 Å². The maximum absolute atomic E-state index is 12.2. The first-order valence-corrected chi connectivity index (χ1v) is 7.49. The molecule has 8 nitrogen and oxygen atoms in total. The Hall–Kier alpha value is -2.32. The quantitative estimate of drug-likeness (QED) is 0.751. The Morgan fingerprint density at radius 2 is 2.26 bits per heavy atom. The summed E-state index contributed by atoms with van der Waals surface area (Å²) in [4.78, 5) is 24.5. The van der Waals surface area contributed by atoms with Crippen LogP contribution in [0.1, 0.15) is 23.5 Å². The van der Waals surface area contributed by atoms with Gasteiger partial charge in [-0.15, -0.1) is 0 Å². The van der Waals surface area contributed by atoms with Gasteiger partial charge in [-0.05, 0) is 18.9 Å². The molecule has 0 aromatic carbocycles. The molecule has 0 atom stereocenters. The van der Waals surface area contributed by atoms with Gasteiger partial charge in [0.1, 0.15) is 12.1 Å². The molecule has 2 aromatic heterocycles. The minimum absolute atomic E-state index is 0.107. The van der Waals surface area contributed by atoms with Crippen LogP contribution in [0, 0.1) is 0 Å². The first-order valence-electron chi connectivity index (χ1n) is 7.49. The van der Waals surface area contributed by atoms with Gasteiger partial charge in [-0.1, -0.05) is 0 Å². The van der Waals surface area contributed by atoms with Gasteiger partial charge >= 0.3 is 0 Å². The number of hydrogen-bond acceptors (Lipinski definition) is 6. The number of carbonyl (C=O) groups is 1. The van der Waals surface area contributed by atoms with E-state index in [1.807, 2.05) is 0 Å². The van der Waals surface area contributed by atoms with Gasteiger partial charge in [-0.2, -0.15) is 0 Å².